The highest BCUT2D eigenvalue weighted by Gasteiger charge is 2.24. The molecule has 3 aromatic rings. The minimum atomic E-state index is 0.0839. The van der Waals surface area contributed by atoms with E-state index in [1.807, 2.05) is 32.9 Å². The van der Waals surface area contributed by atoms with Gasteiger partial charge in [0.2, 0.25) is 5.95 Å². The number of ketones is 1. The van der Waals surface area contributed by atoms with Crippen LogP contribution >= 0.6 is 0 Å². The molecule has 0 aliphatic carbocycles. The molecular weight excluding hydrogens is 402 g/mol. The standard InChI is InChI=1S/C25H33N5O2/c1-16(2)23(32)15-29-12-10-19(11-13-29)27-25-28-24-17(3)6-5-7-21(24)30(25)14-20-22(31)9-8-18(4)26-20/h5-9,16,19,31H,10-15H2,1-4H3,(H,27,28). The van der Waals surface area contributed by atoms with Crippen molar-refractivity contribution in [1.82, 2.24) is 19.4 Å². The van der Waals surface area contributed by atoms with Gasteiger partial charge in [0.25, 0.3) is 0 Å². The molecule has 32 heavy (non-hydrogen) atoms. The summed E-state index contributed by atoms with van der Waals surface area (Å²) in [5.41, 5.74) is 4.61. The SMILES string of the molecule is Cc1ccc(O)c(Cn2c(NC3CCN(CC(=O)C(C)C)CC3)nc3c(C)cccc32)n1. The monoisotopic (exact) mass is 435 g/mol. The predicted octanol–water partition coefficient (Wildman–Crippen LogP) is 3.90. The molecule has 0 bridgehead atoms. The number of carbonyl (C=O) groups excluding carboxylic acids is 1. The first-order valence-corrected chi connectivity index (χ1v) is 11.4. The van der Waals surface area contributed by atoms with E-state index in [-0.39, 0.29) is 17.7 Å². The number of nitrogens with zero attached hydrogens (tertiary/aromatic N) is 4. The number of aromatic nitrogens is 3. The van der Waals surface area contributed by atoms with Crippen molar-refractivity contribution in [2.75, 3.05) is 25.0 Å². The molecule has 0 radical (unpaired) electrons. The van der Waals surface area contributed by atoms with Crippen LogP contribution in [0.5, 0.6) is 5.75 Å². The zero-order valence-electron chi connectivity index (χ0n) is 19.4. The zero-order chi connectivity index (χ0) is 22.8. The Kier molecular flexibility index (Phi) is 6.46. The van der Waals surface area contributed by atoms with Crippen LogP contribution in [0.4, 0.5) is 5.95 Å². The third-order valence-corrected chi connectivity index (χ3v) is 6.32. The Morgan fingerprint density at radius 1 is 1.16 bits per heavy atom. The fourth-order valence-corrected chi connectivity index (χ4v) is 4.25. The highest BCUT2D eigenvalue weighted by molar-refractivity contribution is 5.82. The number of pyridine rings is 1. The van der Waals surface area contributed by atoms with E-state index < -0.39 is 0 Å². The van der Waals surface area contributed by atoms with Gasteiger partial charge < -0.3 is 15.0 Å². The second kappa shape index (κ2) is 9.28. The molecule has 7 nitrogen and oxygen atoms in total. The van der Waals surface area contributed by atoms with Crippen LogP contribution in [0, 0.1) is 19.8 Å². The lowest BCUT2D eigenvalue weighted by Crippen LogP contribution is -2.42. The summed E-state index contributed by atoms with van der Waals surface area (Å²) in [6, 6.07) is 9.96. The molecule has 7 heteroatoms. The predicted molar refractivity (Wildman–Crippen MR) is 127 cm³/mol. The molecule has 0 spiro atoms. The number of piperidine rings is 1. The quantitative estimate of drug-likeness (QED) is 0.586. The Balaban J connectivity index is 1.55. The number of likely N-dealkylation sites (tertiary alicyclic amines) is 1. The lowest BCUT2D eigenvalue weighted by molar-refractivity contribution is -0.123. The number of aromatic hydroxyl groups is 1. The maximum atomic E-state index is 12.1. The molecule has 1 fully saturated rings. The summed E-state index contributed by atoms with van der Waals surface area (Å²) in [5, 5.41) is 14.0. The Bertz CT molecular complexity index is 1110. The first kappa shape index (κ1) is 22.3. The van der Waals surface area contributed by atoms with Crippen molar-refractivity contribution in [3.8, 4) is 5.75 Å². The summed E-state index contributed by atoms with van der Waals surface area (Å²) in [7, 11) is 0. The van der Waals surface area contributed by atoms with Crippen molar-refractivity contribution < 1.29 is 9.90 Å². The molecular formula is C25H33N5O2. The normalized spacial score (nSPS) is 15.5. The maximum absolute atomic E-state index is 12.1. The largest absolute Gasteiger partial charge is 0.506 e. The molecule has 1 aliphatic rings. The molecule has 1 saturated heterocycles. The van der Waals surface area contributed by atoms with Crippen molar-refractivity contribution in [3.05, 3.63) is 47.3 Å². The summed E-state index contributed by atoms with van der Waals surface area (Å²) < 4.78 is 2.11. The Morgan fingerprint density at radius 2 is 1.91 bits per heavy atom. The minimum Gasteiger partial charge on any atom is -0.506 e. The van der Waals surface area contributed by atoms with Crippen molar-refractivity contribution in [2.45, 2.75) is 53.1 Å². The molecule has 0 unspecified atom stereocenters. The van der Waals surface area contributed by atoms with Gasteiger partial charge in [-0.2, -0.15) is 0 Å². The van der Waals surface area contributed by atoms with Crippen molar-refractivity contribution in [2.24, 2.45) is 5.92 Å². The number of nitrogens with one attached hydrogen (secondary N) is 1. The fraction of sp³-hybridized carbons (Fsp3) is 0.480. The summed E-state index contributed by atoms with van der Waals surface area (Å²) >= 11 is 0. The summed E-state index contributed by atoms with van der Waals surface area (Å²) in [6.45, 7) is 10.7. The van der Waals surface area contributed by atoms with Gasteiger partial charge >= 0.3 is 0 Å². The number of carbonyl (C=O) groups is 1. The van der Waals surface area contributed by atoms with Crippen molar-refractivity contribution >= 4 is 22.8 Å². The molecule has 3 heterocycles. The third-order valence-electron chi connectivity index (χ3n) is 6.32. The van der Waals surface area contributed by atoms with E-state index in [4.69, 9.17) is 4.98 Å². The topological polar surface area (TPSA) is 83.3 Å². The average molecular weight is 436 g/mol. The van der Waals surface area contributed by atoms with Gasteiger partial charge in [0.05, 0.1) is 24.1 Å². The van der Waals surface area contributed by atoms with Crippen LogP contribution in [0.25, 0.3) is 11.0 Å². The maximum Gasteiger partial charge on any atom is 0.204 e. The Labute approximate surface area is 189 Å². The van der Waals surface area contributed by atoms with Gasteiger partial charge in [-0.3, -0.25) is 14.7 Å². The first-order chi connectivity index (χ1) is 15.3. The van der Waals surface area contributed by atoms with Gasteiger partial charge in [0.15, 0.2) is 0 Å². The van der Waals surface area contributed by atoms with Crippen LogP contribution in [0.15, 0.2) is 30.3 Å². The highest BCUT2D eigenvalue weighted by Crippen LogP contribution is 2.27. The van der Waals surface area contributed by atoms with Crippen LogP contribution in [0.3, 0.4) is 0 Å². The number of benzene rings is 1. The number of Topliss-reactive ketones (excluding diaryl/α,β-unsaturated/α-hetero) is 1. The third kappa shape index (κ3) is 4.78. The van der Waals surface area contributed by atoms with Gasteiger partial charge in [-0.25, -0.2) is 4.98 Å². The molecule has 0 saturated carbocycles. The minimum absolute atomic E-state index is 0.0839. The van der Waals surface area contributed by atoms with Gasteiger partial charge in [-0.15, -0.1) is 0 Å². The van der Waals surface area contributed by atoms with Crippen LogP contribution in [-0.2, 0) is 11.3 Å². The molecule has 1 aliphatic heterocycles. The van der Waals surface area contributed by atoms with E-state index in [9.17, 15) is 9.90 Å². The Hall–Kier alpha value is -2.93. The van der Waals surface area contributed by atoms with E-state index in [0.29, 0.717) is 24.6 Å². The highest BCUT2D eigenvalue weighted by atomic mass is 16.3. The number of hydrogen-bond acceptors (Lipinski definition) is 6. The van der Waals surface area contributed by atoms with Gasteiger partial charge in [-0.1, -0.05) is 26.0 Å². The number of imidazole rings is 1. The van der Waals surface area contributed by atoms with Gasteiger partial charge in [-0.05, 0) is 50.5 Å². The molecule has 0 atom stereocenters. The number of hydrogen-bond donors (Lipinski definition) is 2. The lowest BCUT2D eigenvalue weighted by Gasteiger charge is -2.32. The number of anilines is 1. The molecule has 1 aromatic carbocycles. The fourth-order valence-electron chi connectivity index (χ4n) is 4.25. The van der Waals surface area contributed by atoms with Crippen molar-refractivity contribution in [3.63, 3.8) is 0 Å². The number of fused-ring (bicyclic) bond motifs is 1. The lowest BCUT2D eigenvalue weighted by atomic mass is 10.0. The van der Waals surface area contributed by atoms with Crippen LogP contribution in [0.1, 0.15) is 43.6 Å². The molecule has 2 N–H and O–H groups in total. The van der Waals surface area contributed by atoms with E-state index >= 15 is 0 Å². The summed E-state index contributed by atoms with van der Waals surface area (Å²) in [4.78, 5) is 23.8. The van der Waals surface area contributed by atoms with Crippen LogP contribution in [-0.4, -0.2) is 56.0 Å². The van der Waals surface area contributed by atoms with Gasteiger partial charge in [0.1, 0.15) is 17.2 Å². The molecule has 170 valence electrons. The van der Waals surface area contributed by atoms with E-state index in [1.54, 1.807) is 6.07 Å². The number of aryl methyl sites for hydroxylation is 2. The smallest absolute Gasteiger partial charge is 0.204 e. The van der Waals surface area contributed by atoms with Crippen molar-refractivity contribution in [1.29, 1.82) is 0 Å². The van der Waals surface area contributed by atoms with E-state index in [2.05, 4.69) is 38.8 Å². The molecule has 0 amide bonds. The van der Waals surface area contributed by atoms with Crippen LogP contribution < -0.4 is 5.32 Å². The second-order valence-corrected chi connectivity index (χ2v) is 9.20. The molecule has 2 aromatic heterocycles. The average Bonchev–Trinajstić information content (AvgIpc) is 3.10. The summed E-state index contributed by atoms with van der Waals surface area (Å²) in [5.74, 6) is 1.38. The van der Waals surface area contributed by atoms with Crippen LogP contribution in [0.2, 0.25) is 0 Å². The second-order valence-electron chi connectivity index (χ2n) is 9.20. The van der Waals surface area contributed by atoms with E-state index in [1.165, 1.54) is 0 Å². The first-order valence-electron chi connectivity index (χ1n) is 11.4. The Morgan fingerprint density at radius 3 is 2.62 bits per heavy atom. The van der Waals surface area contributed by atoms with E-state index in [0.717, 1.165) is 54.2 Å². The number of rotatable bonds is 7. The number of para-hydroxylation sites is 1. The van der Waals surface area contributed by atoms with Gasteiger partial charge in [0, 0.05) is 30.7 Å². The molecule has 4 rings (SSSR count). The zero-order valence-corrected chi connectivity index (χ0v) is 19.4. The summed E-state index contributed by atoms with van der Waals surface area (Å²) in [6.07, 6.45) is 1.92.